The van der Waals surface area contributed by atoms with Crippen molar-refractivity contribution in [3.05, 3.63) is 56.5 Å². The number of anilines is 1. The van der Waals surface area contributed by atoms with Crippen molar-refractivity contribution in [1.29, 1.82) is 0 Å². The summed E-state index contributed by atoms with van der Waals surface area (Å²) in [7, 11) is 1.33. The van der Waals surface area contributed by atoms with E-state index in [4.69, 9.17) is 27.9 Å². The lowest BCUT2D eigenvalue weighted by Gasteiger charge is -2.11. The van der Waals surface area contributed by atoms with E-state index in [-0.39, 0.29) is 11.6 Å². The molecule has 29 heavy (non-hydrogen) atoms. The quantitative estimate of drug-likeness (QED) is 0.321. The molecular weight excluding hydrogens is 487 g/mol. The Morgan fingerprint density at radius 3 is 2.66 bits per heavy atom. The van der Waals surface area contributed by atoms with E-state index in [0.29, 0.717) is 22.0 Å². The third kappa shape index (κ3) is 6.74. The van der Waals surface area contributed by atoms with Crippen LogP contribution < -0.4 is 20.8 Å². The number of hydrazone groups is 1. The molecule has 0 unspecified atom stereocenters. The van der Waals surface area contributed by atoms with Crippen molar-refractivity contribution in [2.45, 2.75) is 0 Å². The molecule has 0 fully saturated rings. The topological polar surface area (TPSA) is 109 Å². The van der Waals surface area contributed by atoms with Crippen LogP contribution in [-0.4, -0.2) is 37.6 Å². The summed E-state index contributed by atoms with van der Waals surface area (Å²) in [6.45, 7) is -0.310. The summed E-state index contributed by atoms with van der Waals surface area (Å²) in [5, 5.41) is 9.03. The first-order valence-electron chi connectivity index (χ1n) is 8.03. The van der Waals surface area contributed by atoms with Crippen LogP contribution in [0.4, 0.5) is 5.69 Å². The Morgan fingerprint density at radius 1 is 1.17 bits per heavy atom. The highest BCUT2D eigenvalue weighted by Crippen LogP contribution is 2.29. The van der Waals surface area contributed by atoms with Gasteiger partial charge in [-0.2, -0.15) is 5.10 Å². The standard InChI is InChI=1S/C18H15BrCl2N4O4/c1-22-17(27)18(28)25-23-8-10-7-11(19)5-6-14(10)29-9-15(26)24-13-4-2-3-12(20)16(13)21/h2-8H,9H2,1H3,(H,22,27)(H,24,26)(H,25,28)/b23-8-. The second-order valence-corrected chi connectivity index (χ2v) is 7.10. The van der Waals surface area contributed by atoms with Gasteiger partial charge in [-0.25, -0.2) is 5.43 Å². The van der Waals surface area contributed by atoms with Gasteiger partial charge in [0.2, 0.25) is 0 Å². The SMILES string of the molecule is CNC(=O)C(=O)N/N=C\c1cc(Br)ccc1OCC(=O)Nc1cccc(Cl)c1Cl. The Kier molecular flexibility index (Phi) is 8.44. The molecule has 0 radical (unpaired) electrons. The van der Waals surface area contributed by atoms with Gasteiger partial charge >= 0.3 is 11.8 Å². The van der Waals surface area contributed by atoms with E-state index in [1.807, 2.05) is 0 Å². The predicted molar refractivity (Wildman–Crippen MR) is 115 cm³/mol. The van der Waals surface area contributed by atoms with Gasteiger partial charge in [-0.05, 0) is 30.3 Å². The molecule has 0 aromatic heterocycles. The number of nitrogens with zero attached hydrogens (tertiary/aromatic N) is 1. The molecule has 0 spiro atoms. The Hall–Kier alpha value is -2.62. The van der Waals surface area contributed by atoms with Crippen molar-refractivity contribution < 1.29 is 19.1 Å². The molecule has 0 atom stereocenters. The molecule has 0 aliphatic rings. The molecule has 152 valence electrons. The second-order valence-electron chi connectivity index (χ2n) is 5.40. The van der Waals surface area contributed by atoms with Gasteiger partial charge < -0.3 is 15.4 Å². The lowest BCUT2D eigenvalue weighted by atomic mass is 10.2. The predicted octanol–water partition coefficient (Wildman–Crippen LogP) is 2.97. The molecule has 2 aromatic rings. The van der Waals surface area contributed by atoms with Gasteiger partial charge in [0.05, 0.1) is 21.9 Å². The van der Waals surface area contributed by atoms with Crippen LogP contribution in [0.1, 0.15) is 5.56 Å². The maximum atomic E-state index is 12.2. The van der Waals surface area contributed by atoms with Crippen molar-refractivity contribution in [2.75, 3.05) is 19.0 Å². The molecular formula is C18H15BrCl2N4O4. The van der Waals surface area contributed by atoms with Gasteiger partial charge in [0, 0.05) is 17.1 Å². The van der Waals surface area contributed by atoms with Crippen molar-refractivity contribution in [1.82, 2.24) is 10.7 Å². The fourth-order valence-corrected chi connectivity index (χ4v) is 2.73. The molecule has 3 amide bonds. The number of amides is 3. The molecule has 0 heterocycles. The highest BCUT2D eigenvalue weighted by Gasteiger charge is 2.11. The summed E-state index contributed by atoms with van der Waals surface area (Å²) in [4.78, 5) is 34.7. The zero-order valence-electron chi connectivity index (χ0n) is 15.0. The zero-order valence-corrected chi connectivity index (χ0v) is 18.1. The highest BCUT2D eigenvalue weighted by atomic mass is 79.9. The normalized spacial score (nSPS) is 10.5. The molecule has 3 N–H and O–H groups in total. The third-order valence-electron chi connectivity index (χ3n) is 3.36. The van der Waals surface area contributed by atoms with Crippen molar-refractivity contribution >= 4 is 68.8 Å². The summed E-state index contributed by atoms with van der Waals surface area (Å²) >= 11 is 15.3. The molecule has 8 nitrogen and oxygen atoms in total. The summed E-state index contributed by atoms with van der Waals surface area (Å²) < 4.78 is 6.25. The first-order valence-corrected chi connectivity index (χ1v) is 9.58. The van der Waals surface area contributed by atoms with E-state index in [1.165, 1.54) is 13.3 Å². The number of hydrogen-bond donors (Lipinski definition) is 3. The van der Waals surface area contributed by atoms with Gasteiger partial charge in [-0.1, -0.05) is 45.2 Å². The minimum atomic E-state index is -0.918. The van der Waals surface area contributed by atoms with E-state index >= 15 is 0 Å². The zero-order chi connectivity index (χ0) is 21.4. The lowest BCUT2D eigenvalue weighted by Crippen LogP contribution is -2.35. The Balaban J connectivity index is 2.03. The number of rotatable bonds is 6. The van der Waals surface area contributed by atoms with Crippen LogP contribution >= 0.6 is 39.1 Å². The lowest BCUT2D eigenvalue weighted by molar-refractivity contribution is -0.138. The van der Waals surface area contributed by atoms with Crippen molar-refractivity contribution in [2.24, 2.45) is 5.10 Å². The molecule has 2 rings (SSSR count). The van der Waals surface area contributed by atoms with Gasteiger partial charge in [0.25, 0.3) is 5.91 Å². The molecule has 0 saturated heterocycles. The number of halogens is 3. The van der Waals surface area contributed by atoms with E-state index in [0.717, 1.165) is 4.47 Å². The Bertz CT molecular complexity index is 969. The van der Waals surface area contributed by atoms with Gasteiger partial charge in [-0.3, -0.25) is 14.4 Å². The highest BCUT2D eigenvalue weighted by molar-refractivity contribution is 9.10. The van der Waals surface area contributed by atoms with Gasteiger partial charge in [0.1, 0.15) is 5.75 Å². The smallest absolute Gasteiger partial charge is 0.329 e. The number of carbonyl (C=O) groups is 3. The van der Waals surface area contributed by atoms with E-state index in [9.17, 15) is 14.4 Å². The number of likely N-dealkylation sites (N-methyl/N-ethyl adjacent to an activating group) is 1. The maximum Gasteiger partial charge on any atom is 0.329 e. The third-order valence-corrected chi connectivity index (χ3v) is 4.67. The van der Waals surface area contributed by atoms with Crippen LogP contribution in [-0.2, 0) is 14.4 Å². The monoisotopic (exact) mass is 500 g/mol. The molecule has 0 bridgehead atoms. The molecule has 2 aromatic carbocycles. The van der Waals surface area contributed by atoms with Crippen LogP contribution in [0.3, 0.4) is 0 Å². The molecule has 0 aliphatic heterocycles. The number of nitrogens with one attached hydrogen (secondary N) is 3. The van der Waals surface area contributed by atoms with Crippen LogP contribution in [0.2, 0.25) is 10.0 Å². The largest absolute Gasteiger partial charge is 0.483 e. The second kappa shape index (κ2) is 10.8. The van der Waals surface area contributed by atoms with E-state index in [1.54, 1.807) is 36.4 Å². The van der Waals surface area contributed by atoms with Crippen LogP contribution in [0.5, 0.6) is 5.75 Å². The summed E-state index contributed by atoms with van der Waals surface area (Å²) in [6, 6.07) is 9.86. The van der Waals surface area contributed by atoms with Gasteiger partial charge in [-0.15, -0.1) is 0 Å². The fraction of sp³-hybridized carbons (Fsp3) is 0.111. The molecule has 0 aliphatic carbocycles. The van der Waals surface area contributed by atoms with Crippen LogP contribution in [0.25, 0.3) is 0 Å². The maximum absolute atomic E-state index is 12.2. The Morgan fingerprint density at radius 2 is 1.93 bits per heavy atom. The average molecular weight is 502 g/mol. The van der Waals surface area contributed by atoms with Crippen molar-refractivity contribution in [3.63, 3.8) is 0 Å². The van der Waals surface area contributed by atoms with Crippen LogP contribution in [0, 0.1) is 0 Å². The summed E-state index contributed by atoms with van der Waals surface area (Å²) in [5.74, 6) is -1.87. The van der Waals surface area contributed by atoms with Crippen molar-refractivity contribution in [3.8, 4) is 5.75 Å². The first-order chi connectivity index (χ1) is 13.8. The summed E-state index contributed by atoms with van der Waals surface area (Å²) in [6.07, 6.45) is 1.28. The molecule has 0 saturated carbocycles. The number of carbonyl (C=O) groups excluding carboxylic acids is 3. The number of hydrogen-bond acceptors (Lipinski definition) is 5. The van der Waals surface area contributed by atoms with Crippen LogP contribution in [0.15, 0.2) is 46.0 Å². The van der Waals surface area contributed by atoms with Gasteiger partial charge in [0.15, 0.2) is 6.61 Å². The number of benzene rings is 2. The number of ether oxygens (including phenoxy) is 1. The van der Waals surface area contributed by atoms with E-state index < -0.39 is 17.7 Å². The minimum absolute atomic E-state index is 0.228. The minimum Gasteiger partial charge on any atom is -0.483 e. The summed E-state index contributed by atoms with van der Waals surface area (Å²) in [5.41, 5.74) is 2.91. The van der Waals surface area contributed by atoms with E-state index in [2.05, 4.69) is 37.1 Å². The Labute approximate surface area is 184 Å². The average Bonchev–Trinajstić information content (AvgIpc) is 2.70. The fourth-order valence-electron chi connectivity index (χ4n) is 2.01. The molecule has 11 heteroatoms. The first kappa shape index (κ1) is 22.7.